The summed E-state index contributed by atoms with van der Waals surface area (Å²) in [7, 11) is 5.54. The number of rotatable bonds is 9. The van der Waals surface area contributed by atoms with Crippen molar-refractivity contribution in [3.63, 3.8) is 0 Å². The van der Waals surface area contributed by atoms with Gasteiger partial charge in [0, 0.05) is 27.2 Å². The molecule has 1 aromatic heterocycles. The first-order valence-corrected chi connectivity index (χ1v) is 10.3. The second-order valence-corrected chi connectivity index (χ2v) is 7.06. The molecule has 0 aliphatic heterocycles. The van der Waals surface area contributed by atoms with E-state index in [-0.39, 0.29) is 24.0 Å². The van der Waals surface area contributed by atoms with Gasteiger partial charge in [-0.2, -0.15) is 5.10 Å². The van der Waals surface area contributed by atoms with Crippen molar-refractivity contribution in [2.24, 2.45) is 12.0 Å². The van der Waals surface area contributed by atoms with Crippen molar-refractivity contribution >= 4 is 29.9 Å². The van der Waals surface area contributed by atoms with Crippen molar-refractivity contribution in [1.82, 2.24) is 25.0 Å². The van der Waals surface area contributed by atoms with Gasteiger partial charge in [0.2, 0.25) is 0 Å². The fourth-order valence-electron chi connectivity index (χ4n) is 3.01. The molecule has 1 heterocycles. The van der Waals surface area contributed by atoms with E-state index in [1.54, 1.807) is 18.1 Å². The molecule has 0 aliphatic carbocycles. The van der Waals surface area contributed by atoms with E-state index < -0.39 is 0 Å². The maximum Gasteiger partial charge on any atom is 0.194 e. The lowest BCUT2D eigenvalue weighted by molar-refractivity contribution is 0.413. The summed E-state index contributed by atoms with van der Waals surface area (Å²) in [6, 6.07) is 15.6. The van der Waals surface area contributed by atoms with E-state index in [1.165, 1.54) is 5.56 Å². The van der Waals surface area contributed by atoms with Crippen LogP contribution < -0.4 is 14.8 Å². The molecule has 0 atom stereocenters. The van der Waals surface area contributed by atoms with Crippen molar-refractivity contribution < 1.29 is 9.47 Å². The number of aliphatic imine (C=N–C) groups is 1. The molecule has 172 valence electrons. The minimum Gasteiger partial charge on any atom is -0.497 e. The lowest BCUT2D eigenvalue weighted by Gasteiger charge is -2.21. The molecule has 0 radical (unpaired) electrons. The molecule has 0 bridgehead atoms. The number of nitrogens with zero attached hydrogens (tertiary/aromatic N) is 5. The Kier molecular flexibility index (Phi) is 10.3. The molecule has 0 fully saturated rings. The highest BCUT2D eigenvalue weighted by atomic mass is 127. The number of guanidine groups is 1. The molecular weight excluding hydrogens is 519 g/mol. The van der Waals surface area contributed by atoms with E-state index in [2.05, 4.69) is 39.4 Å². The second kappa shape index (κ2) is 12.9. The summed E-state index contributed by atoms with van der Waals surface area (Å²) in [5.41, 5.74) is 1.21. The number of hydrogen-bond acceptors (Lipinski definition) is 5. The molecular formula is C23H31IN6O2. The maximum atomic E-state index is 5.89. The van der Waals surface area contributed by atoms with Crippen LogP contribution in [0.15, 0.2) is 59.9 Å². The predicted octanol–water partition coefficient (Wildman–Crippen LogP) is 3.87. The molecule has 0 unspecified atom stereocenters. The van der Waals surface area contributed by atoms with Crippen molar-refractivity contribution in [2.45, 2.75) is 19.9 Å². The number of halogens is 1. The minimum atomic E-state index is 0. The van der Waals surface area contributed by atoms with Crippen LogP contribution in [-0.2, 0) is 20.0 Å². The average molecular weight is 550 g/mol. The van der Waals surface area contributed by atoms with E-state index in [4.69, 9.17) is 14.5 Å². The Morgan fingerprint density at radius 3 is 2.25 bits per heavy atom. The molecule has 0 aliphatic rings. The fraction of sp³-hybridized carbons (Fsp3) is 0.348. The van der Waals surface area contributed by atoms with Crippen molar-refractivity contribution in [3.8, 4) is 17.2 Å². The zero-order valence-electron chi connectivity index (χ0n) is 19.0. The van der Waals surface area contributed by atoms with Crippen LogP contribution in [-0.4, -0.2) is 52.9 Å². The highest BCUT2D eigenvalue weighted by Crippen LogP contribution is 2.24. The van der Waals surface area contributed by atoms with Gasteiger partial charge in [0.15, 0.2) is 5.96 Å². The van der Waals surface area contributed by atoms with Gasteiger partial charge in [0.1, 0.15) is 29.4 Å². The van der Waals surface area contributed by atoms with Crippen molar-refractivity contribution in [3.05, 3.63) is 66.2 Å². The molecule has 3 aromatic rings. The van der Waals surface area contributed by atoms with Gasteiger partial charge in [-0.15, -0.1) is 24.0 Å². The molecule has 9 heteroatoms. The summed E-state index contributed by atoms with van der Waals surface area (Å²) in [5.74, 6) is 4.13. The Bertz CT molecular complexity index is 973. The average Bonchev–Trinajstić information content (AvgIpc) is 3.19. The molecule has 0 amide bonds. The van der Waals surface area contributed by atoms with Crippen LogP contribution in [0.2, 0.25) is 0 Å². The summed E-state index contributed by atoms with van der Waals surface area (Å²) in [4.78, 5) is 11.1. The van der Waals surface area contributed by atoms with Gasteiger partial charge in [0.25, 0.3) is 0 Å². The minimum absolute atomic E-state index is 0. The maximum absolute atomic E-state index is 5.89. The molecule has 0 saturated heterocycles. The fourth-order valence-corrected chi connectivity index (χ4v) is 3.01. The molecule has 1 N–H and O–H groups in total. The third kappa shape index (κ3) is 7.40. The first-order valence-electron chi connectivity index (χ1n) is 10.3. The van der Waals surface area contributed by atoms with Gasteiger partial charge in [-0.3, -0.25) is 9.67 Å². The van der Waals surface area contributed by atoms with Gasteiger partial charge in [-0.25, -0.2) is 4.98 Å². The van der Waals surface area contributed by atoms with E-state index in [1.807, 2.05) is 50.5 Å². The molecule has 32 heavy (non-hydrogen) atoms. The number of nitrogens with one attached hydrogen (secondary N) is 1. The van der Waals surface area contributed by atoms with Crippen LogP contribution in [0.3, 0.4) is 0 Å². The Balaban J connectivity index is 0.00000363. The Labute approximate surface area is 206 Å². The Morgan fingerprint density at radius 2 is 1.69 bits per heavy atom. The summed E-state index contributed by atoms with van der Waals surface area (Å²) in [6.07, 6.45) is 2.41. The predicted molar refractivity (Wildman–Crippen MR) is 137 cm³/mol. The third-order valence-electron chi connectivity index (χ3n) is 4.76. The van der Waals surface area contributed by atoms with Crippen molar-refractivity contribution in [1.29, 1.82) is 0 Å². The zero-order chi connectivity index (χ0) is 22.1. The van der Waals surface area contributed by atoms with Crippen LogP contribution in [0.4, 0.5) is 0 Å². The highest BCUT2D eigenvalue weighted by molar-refractivity contribution is 14.0. The van der Waals surface area contributed by atoms with Gasteiger partial charge >= 0.3 is 0 Å². The number of hydrogen-bond donors (Lipinski definition) is 1. The van der Waals surface area contributed by atoms with Gasteiger partial charge in [-0.1, -0.05) is 12.1 Å². The molecule has 3 rings (SSSR count). The monoisotopic (exact) mass is 550 g/mol. The zero-order valence-corrected chi connectivity index (χ0v) is 21.3. The Morgan fingerprint density at radius 1 is 1.06 bits per heavy atom. The number of aromatic nitrogens is 3. The number of aryl methyl sites for hydroxylation is 1. The van der Waals surface area contributed by atoms with E-state index in [9.17, 15) is 0 Å². The van der Waals surface area contributed by atoms with Crippen LogP contribution >= 0.6 is 24.0 Å². The Hall–Kier alpha value is -2.82. The molecule has 2 aromatic carbocycles. The van der Waals surface area contributed by atoms with Gasteiger partial charge in [0.05, 0.1) is 13.7 Å². The van der Waals surface area contributed by atoms with Gasteiger partial charge in [-0.05, 0) is 55.3 Å². The summed E-state index contributed by atoms with van der Waals surface area (Å²) >= 11 is 0. The van der Waals surface area contributed by atoms with Crippen LogP contribution in [0, 0.1) is 0 Å². The first kappa shape index (κ1) is 25.4. The highest BCUT2D eigenvalue weighted by Gasteiger charge is 2.09. The summed E-state index contributed by atoms with van der Waals surface area (Å²) in [5, 5.41) is 7.46. The van der Waals surface area contributed by atoms with Gasteiger partial charge < -0.3 is 19.7 Å². The summed E-state index contributed by atoms with van der Waals surface area (Å²) < 4.78 is 12.8. The summed E-state index contributed by atoms with van der Waals surface area (Å²) in [6.45, 7) is 4.19. The van der Waals surface area contributed by atoms with Crippen LogP contribution in [0.5, 0.6) is 17.2 Å². The lowest BCUT2D eigenvalue weighted by atomic mass is 10.1. The molecule has 0 saturated carbocycles. The van der Waals surface area contributed by atoms with Crippen LogP contribution in [0.1, 0.15) is 18.3 Å². The smallest absolute Gasteiger partial charge is 0.194 e. The topological polar surface area (TPSA) is 76.8 Å². The van der Waals surface area contributed by atoms with Crippen LogP contribution in [0.25, 0.3) is 0 Å². The SMILES string of the molecule is CCNC(=NCCc1ccc(Oc2ccc(OC)cc2)cc1)N(C)Cc1ncnn1C.I. The van der Waals surface area contributed by atoms with E-state index >= 15 is 0 Å². The second-order valence-electron chi connectivity index (χ2n) is 7.06. The normalized spacial score (nSPS) is 10.9. The molecule has 8 nitrogen and oxygen atoms in total. The largest absolute Gasteiger partial charge is 0.497 e. The number of ether oxygens (including phenoxy) is 2. The lowest BCUT2D eigenvalue weighted by Crippen LogP contribution is -2.39. The number of methoxy groups -OCH3 is 1. The third-order valence-corrected chi connectivity index (χ3v) is 4.76. The van der Waals surface area contributed by atoms with E-state index in [0.29, 0.717) is 13.1 Å². The first-order chi connectivity index (χ1) is 15.1. The quantitative estimate of drug-likeness (QED) is 0.248. The number of benzene rings is 2. The molecule has 0 spiro atoms. The standard InChI is InChI=1S/C23H30N6O2.HI/c1-5-24-23(28(2)16-22-26-17-27-29(22)3)25-15-14-18-6-8-20(9-7-18)31-21-12-10-19(30-4)11-13-21;/h6-13,17H,5,14-16H2,1-4H3,(H,24,25);1H. The van der Waals surface area contributed by atoms with Crippen molar-refractivity contribution in [2.75, 3.05) is 27.2 Å². The van der Waals surface area contributed by atoms with E-state index in [0.717, 1.165) is 42.0 Å².